The summed E-state index contributed by atoms with van der Waals surface area (Å²) in [5, 5.41) is 11.9. The molecule has 9 heteroatoms. The van der Waals surface area contributed by atoms with Gasteiger partial charge in [0.15, 0.2) is 0 Å². The highest BCUT2D eigenvalue weighted by Gasteiger charge is 2.27. The highest BCUT2D eigenvalue weighted by Crippen LogP contribution is 2.26. The molecule has 2 heterocycles. The van der Waals surface area contributed by atoms with Crippen molar-refractivity contribution in [2.75, 3.05) is 13.1 Å². The second kappa shape index (κ2) is 12.8. The summed E-state index contributed by atoms with van der Waals surface area (Å²) in [4.78, 5) is 31.9. The predicted molar refractivity (Wildman–Crippen MR) is 150 cm³/mol. The van der Waals surface area contributed by atoms with Gasteiger partial charge in [0.2, 0.25) is 0 Å². The number of nitrogens with one attached hydrogen (secondary N) is 1. The van der Waals surface area contributed by atoms with Crippen LogP contribution in [-0.2, 0) is 0 Å². The maximum Gasteiger partial charge on any atom is 0.270 e. The van der Waals surface area contributed by atoms with Gasteiger partial charge in [-0.1, -0.05) is 17.7 Å². The Labute approximate surface area is 239 Å². The number of pyridine rings is 1. The van der Waals surface area contributed by atoms with Crippen LogP contribution in [0.2, 0.25) is 0 Å². The molecule has 2 amide bonds. The number of hydrogen-bond donors (Lipinski definition) is 1. The van der Waals surface area contributed by atoms with Crippen LogP contribution < -0.4 is 14.8 Å². The Morgan fingerprint density at radius 2 is 1.59 bits per heavy atom. The number of ether oxygens (including phenoxy) is 2. The lowest BCUT2D eigenvalue weighted by Crippen LogP contribution is -2.42. The molecule has 0 radical (unpaired) electrons. The molecule has 5 rings (SSSR count). The van der Waals surface area contributed by atoms with Crippen LogP contribution >= 0.6 is 0 Å². The highest BCUT2D eigenvalue weighted by atomic mass is 19.1. The largest absolute Gasteiger partial charge is 0.490 e. The summed E-state index contributed by atoms with van der Waals surface area (Å²) >= 11 is 0. The number of rotatable bonds is 7. The van der Waals surface area contributed by atoms with Crippen LogP contribution in [0.4, 0.5) is 4.39 Å². The number of nitrogens with zero attached hydrogens (tertiary/aromatic N) is 3. The van der Waals surface area contributed by atoms with Crippen LogP contribution in [0.15, 0.2) is 60.8 Å². The van der Waals surface area contributed by atoms with Gasteiger partial charge in [-0.15, -0.1) is 0 Å². The molecule has 8 nitrogen and oxygen atoms in total. The number of aromatic nitrogens is 1. The average molecular weight is 557 g/mol. The van der Waals surface area contributed by atoms with Gasteiger partial charge in [-0.2, -0.15) is 5.26 Å². The normalized spacial score (nSPS) is 19.2. The van der Waals surface area contributed by atoms with Gasteiger partial charge >= 0.3 is 0 Å². The van der Waals surface area contributed by atoms with Crippen LogP contribution in [0.1, 0.15) is 70.5 Å². The topological polar surface area (TPSA) is 105 Å². The fraction of sp³-hybridized carbons (Fsp3) is 0.375. The molecule has 212 valence electrons. The van der Waals surface area contributed by atoms with E-state index in [0.717, 1.165) is 31.4 Å². The summed E-state index contributed by atoms with van der Waals surface area (Å²) in [5.74, 6) is 0.266. The Balaban J connectivity index is 1.05. The zero-order chi connectivity index (χ0) is 28.8. The van der Waals surface area contributed by atoms with Crippen molar-refractivity contribution in [3.63, 3.8) is 0 Å². The van der Waals surface area contributed by atoms with E-state index in [0.29, 0.717) is 37.2 Å². The van der Waals surface area contributed by atoms with Crippen molar-refractivity contribution in [3.8, 4) is 17.6 Å². The molecule has 1 saturated carbocycles. The monoisotopic (exact) mass is 556 g/mol. The lowest BCUT2D eigenvalue weighted by molar-refractivity contribution is 0.0594. The minimum absolute atomic E-state index is 0.0147. The average Bonchev–Trinajstić information content (AvgIpc) is 2.99. The number of carbonyl (C=O) groups is 2. The smallest absolute Gasteiger partial charge is 0.270 e. The maximum atomic E-state index is 13.8. The number of benzene rings is 2. The van der Waals surface area contributed by atoms with E-state index in [1.54, 1.807) is 29.2 Å². The Morgan fingerprint density at radius 3 is 2.22 bits per heavy atom. The Morgan fingerprint density at radius 1 is 0.927 bits per heavy atom. The van der Waals surface area contributed by atoms with E-state index in [1.807, 2.05) is 31.2 Å². The minimum Gasteiger partial charge on any atom is -0.490 e. The summed E-state index contributed by atoms with van der Waals surface area (Å²) in [5.41, 5.74) is 1.89. The predicted octanol–water partition coefficient (Wildman–Crippen LogP) is 5.20. The van der Waals surface area contributed by atoms with Gasteiger partial charge in [-0.25, -0.2) is 4.39 Å². The molecule has 1 aliphatic heterocycles. The first-order valence-electron chi connectivity index (χ1n) is 14.0. The lowest BCUT2D eigenvalue weighted by atomic mass is 9.92. The molecule has 2 aromatic carbocycles. The molecule has 2 aliphatic rings. The molecule has 0 bridgehead atoms. The minimum atomic E-state index is -0.598. The molecular formula is C32H33FN4O4. The highest BCUT2D eigenvalue weighted by molar-refractivity contribution is 5.96. The molecule has 0 unspecified atom stereocenters. The second-order valence-corrected chi connectivity index (χ2v) is 10.7. The number of hydrogen-bond acceptors (Lipinski definition) is 6. The number of likely N-dealkylation sites (tertiary alicyclic amines) is 1. The van der Waals surface area contributed by atoms with Crippen molar-refractivity contribution in [1.29, 1.82) is 5.26 Å². The molecule has 1 aromatic heterocycles. The van der Waals surface area contributed by atoms with Crippen molar-refractivity contribution in [2.24, 2.45) is 0 Å². The van der Waals surface area contributed by atoms with Crippen LogP contribution in [0, 0.1) is 24.1 Å². The molecule has 2 fully saturated rings. The van der Waals surface area contributed by atoms with Gasteiger partial charge in [0.05, 0.1) is 17.2 Å². The van der Waals surface area contributed by atoms with Gasteiger partial charge in [0, 0.05) is 44.2 Å². The van der Waals surface area contributed by atoms with Crippen molar-refractivity contribution in [1.82, 2.24) is 15.2 Å². The van der Waals surface area contributed by atoms with E-state index in [2.05, 4.69) is 10.3 Å². The zero-order valence-electron chi connectivity index (χ0n) is 23.0. The van der Waals surface area contributed by atoms with Crippen molar-refractivity contribution < 1.29 is 23.5 Å². The molecule has 0 spiro atoms. The standard InChI is InChI=1S/C32H33FN4O4/c1-21-2-8-25(9-3-21)40-27-14-16-37(17-15-27)32(39)23-5-13-30(35-20-23)31(38)36-24-6-11-26(12-7-24)41-28-10-4-22(19-34)29(33)18-28/h2-5,8-10,13,18,20,24,26-27H,6-7,11-12,14-17H2,1H3,(H,36,38). The molecule has 0 atom stereocenters. The van der Waals surface area contributed by atoms with E-state index < -0.39 is 5.82 Å². The number of amides is 2. The molecule has 41 heavy (non-hydrogen) atoms. The van der Waals surface area contributed by atoms with Crippen molar-refractivity contribution >= 4 is 11.8 Å². The number of piperidine rings is 1. The summed E-state index contributed by atoms with van der Waals surface area (Å²) in [6.07, 6.45) is 5.82. The molecular weight excluding hydrogens is 523 g/mol. The lowest BCUT2D eigenvalue weighted by Gasteiger charge is -2.32. The number of aryl methyl sites for hydroxylation is 1. The van der Waals surface area contributed by atoms with Crippen LogP contribution in [0.5, 0.6) is 11.5 Å². The summed E-state index contributed by atoms with van der Waals surface area (Å²) in [6.45, 7) is 3.24. The van der Waals surface area contributed by atoms with Gasteiger partial charge < -0.3 is 19.7 Å². The van der Waals surface area contributed by atoms with E-state index in [9.17, 15) is 14.0 Å². The zero-order valence-corrected chi connectivity index (χ0v) is 23.0. The Bertz CT molecular complexity index is 1410. The maximum absolute atomic E-state index is 13.8. The Hall–Kier alpha value is -4.45. The van der Waals surface area contributed by atoms with Crippen molar-refractivity contribution in [3.05, 3.63) is 89.0 Å². The number of nitriles is 1. The molecule has 3 aromatic rings. The number of carbonyl (C=O) groups excluding carboxylic acids is 2. The Kier molecular flexibility index (Phi) is 8.78. The number of halogens is 1. The first-order valence-corrected chi connectivity index (χ1v) is 14.0. The van der Waals surface area contributed by atoms with Crippen LogP contribution in [0.3, 0.4) is 0 Å². The summed E-state index contributed by atoms with van der Waals surface area (Å²) in [7, 11) is 0. The summed E-state index contributed by atoms with van der Waals surface area (Å²) < 4.78 is 25.8. The fourth-order valence-corrected chi connectivity index (χ4v) is 5.26. The third-order valence-electron chi connectivity index (χ3n) is 7.67. The SMILES string of the molecule is Cc1ccc(OC2CCN(C(=O)c3ccc(C(=O)NC4CCC(Oc5ccc(C#N)c(F)c5)CC4)nc3)CC2)cc1. The van der Waals surface area contributed by atoms with E-state index in [-0.39, 0.29) is 41.3 Å². The first-order chi connectivity index (χ1) is 19.9. The van der Waals surface area contributed by atoms with E-state index in [1.165, 1.54) is 23.9 Å². The third-order valence-corrected chi connectivity index (χ3v) is 7.67. The van der Waals surface area contributed by atoms with Crippen LogP contribution in [0.25, 0.3) is 0 Å². The molecule has 1 saturated heterocycles. The quantitative estimate of drug-likeness (QED) is 0.429. The first kappa shape index (κ1) is 28.1. The summed E-state index contributed by atoms with van der Waals surface area (Å²) in [6, 6.07) is 17.2. The second-order valence-electron chi connectivity index (χ2n) is 10.7. The van der Waals surface area contributed by atoms with Gasteiger partial charge in [0.25, 0.3) is 11.8 Å². The van der Waals surface area contributed by atoms with Crippen molar-refractivity contribution in [2.45, 2.75) is 63.7 Å². The fourth-order valence-electron chi connectivity index (χ4n) is 5.26. The molecule has 1 N–H and O–H groups in total. The van der Waals surface area contributed by atoms with Gasteiger partial charge in [-0.05, 0) is 69.0 Å². The molecule has 1 aliphatic carbocycles. The van der Waals surface area contributed by atoms with Gasteiger partial charge in [-0.3, -0.25) is 14.6 Å². The van der Waals surface area contributed by atoms with Crippen LogP contribution in [-0.4, -0.2) is 53.0 Å². The van der Waals surface area contributed by atoms with E-state index >= 15 is 0 Å². The van der Waals surface area contributed by atoms with E-state index in [4.69, 9.17) is 14.7 Å². The van der Waals surface area contributed by atoms with Gasteiger partial charge in [0.1, 0.15) is 35.2 Å². The third kappa shape index (κ3) is 7.20.